The van der Waals surface area contributed by atoms with Gasteiger partial charge >= 0.3 is 0 Å². The molecule has 0 atom stereocenters. The van der Waals surface area contributed by atoms with Gasteiger partial charge in [-0.05, 0) is 142 Å². The Labute approximate surface area is 209 Å². The fraction of sp³-hybridized carbons (Fsp3) is 0.588. The van der Waals surface area contributed by atoms with Gasteiger partial charge in [-0.3, -0.25) is 0 Å². The van der Waals surface area contributed by atoms with E-state index in [4.69, 9.17) is 0 Å². The third kappa shape index (κ3) is 4.31. The first-order valence-corrected chi connectivity index (χ1v) is 14.7. The summed E-state index contributed by atoms with van der Waals surface area (Å²) in [5.41, 5.74) is 13.6. The van der Waals surface area contributed by atoms with Crippen LogP contribution < -0.4 is 0 Å². The maximum Gasteiger partial charge on any atom is -0.0140 e. The SMILES string of the molecule is CCCc1c(CCC)c(CCC)c2cc3c(CC)c4c(c(CC)c3cc2c1CCC)CCCC4. The van der Waals surface area contributed by atoms with Crippen molar-refractivity contribution in [2.24, 2.45) is 0 Å². The van der Waals surface area contributed by atoms with Crippen LogP contribution in [0.25, 0.3) is 21.5 Å². The molecule has 0 aromatic heterocycles. The number of hydrogen-bond donors (Lipinski definition) is 0. The second-order valence-corrected chi connectivity index (χ2v) is 10.7. The molecule has 184 valence electrons. The molecule has 0 N–H and O–H groups in total. The number of rotatable bonds is 10. The van der Waals surface area contributed by atoms with Crippen molar-refractivity contribution in [1.29, 1.82) is 0 Å². The van der Waals surface area contributed by atoms with E-state index in [-0.39, 0.29) is 0 Å². The molecule has 0 amide bonds. The fourth-order valence-corrected chi connectivity index (χ4v) is 7.17. The number of benzene rings is 3. The number of fused-ring (bicyclic) bond motifs is 3. The van der Waals surface area contributed by atoms with Crippen LogP contribution >= 0.6 is 0 Å². The second kappa shape index (κ2) is 11.3. The summed E-state index contributed by atoms with van der Waals surface area (Å²) in [4.78, 5) is 0. The Morgan fingerprint density at radius 3 is 1.09 bits per heavy atom. The van der Waals surface area contributed by atoms with Crippen LogP contribution in [0.1, 0.15) is 125 Å². The van der Waals surface area contributed by atoms with Gasteiger partial charge in [0.1, 0.15) is 0 Å². The lowest BCUT2D eigenvalue weighted by molar-refractivity contribution is 0.675. The molecule has 1 aliphatic rings. The molecule has 34 heavy (non-hydrogen) atoms. The van der Waals surface area contributed by atoms with Crippen LogP contribution in [0.5, 0.6) is 0 Å². The third-order valence-corrected chi connectivity index (χ3v) is 8.45. The second-order valence-electron chi connectivity index (χ2n) is 10.7. The first-order valence-electron chi connectivity index (χ1n) is 14.7. The van der Waals surface area contributed by atoms with E-state index in [1.165, 1.54) is 77.0 Å². The Morgan fingerprint density at radius 1 is 0.441 bits per heavy atom. The lowest BCUT2D eigenvalue weighted by Crippen LogP contribution is -2.12. The maximum atomic E-state index is 2.68. The van der Waals surface area contributed by atoms with Gasteiger partial charge in [-0.25, -0.2) is 0 Å². The zero-order valence-electron chi connectivity index (χ0n) is 23.1. The molecule has 3 aromatic rings. The highest BCUT2D eigenvalue weighted by Crippen LogP contribution is 2.42. The van der Waals surface area contributed by atoms with Gasteiger partial charge in [-0.1, -0.05) is 67.2 Å². The van der Waals surface area contributed by atoms with Gasteiger partial charge in [0.15, 0.2) is 0 Å². The molecular formula is C34H48. The summed E-state index contributed by atoms with van der Waals surface area (Å²) in [5, 5.41) is 6.35. The van der Waals surface area contributed by atoms with Gasteiger partial charge in [0, 0.05) is 0 Å². The Hall–Kier alpha value is -1.82. The van der Waals surface area contributed by atoms with E-state index >= 15 is 0 Å². The van der Waals surface area contributed by atoms with Crippen molar-refractivity contribution in [1.82, 2.24) is 0 Å². The zero-order valence-corrected chi connectivity index (χ0v) is 23.1. The molecule has 3 aromatic carbocycles. The van der Waals surface area contributed by atoms with Gasteiger partial charge in [0.05, 0.1) is 0 Å². The molecule has 0 saturated heterocycles. The highest BCUT2D eigenvalue weighted by atomic mass is 14.3. The largest absolute Gasteiger partial charge is 0.0651 e. The smallest absolute Gasteiger partial charge is 0.0140 e. The van der Waals surface area contributed by atoms with Crippen LogP contribution in [0.15, 0.2) is 12.1 Å². The Morgan fingerprint density at radius 2 is 0.765 bits per heavy atom. The highest BCUT2D eigenvalue weighted by Gasteiger charge is 2.23. The van der Waals surface area contributed by atoms with Crippen molar-refractivity contribution in [3.05, 3.63) is 56.6 Å². The average Bonchev–Trinajstić information content (AvgIpc) is 2.85. The maximum absolute atomic E-state index is 2.68. The molecule has 0 saturated carbocycles. The molecule has 0 heteroatoms. The standard InChI is InChI=1S/C34H48/c1-7-15-25-26(16-8-2)28(18-10-4)34-22-32-24(12-6)30-20-14-13-19-29(30)23(11-5)31(32)21-33(34)27(25)17-9-3/h21-22H,7-20H2,1-6H3. The average molecular weight is 457 g/mol. The van der Waals surface area contributed by atoms with E-state index in [9.17, 15) is 0 Å². The minimum atomic E-state index is 1.16. The molecule has 4 rings (SSSR count). The van der Waals surface area contributed by atoms with Gasteiger partial charge in [0.2, 0.25) is 0 Å². The number of aryl methyl sites for hydroxylation is 4. The summed E-state index contributed by atoms with van der Waals surface area (Å²) in [6.45, 7) is 14.2. The summed E-state index contributed by atoms with van der Waals surface area (Å²) in [7, 11) is 0. The van der Waals surface area contributed by atoms with Crippen molar-refractivity contribution < 1.29 is 0 Å². The summed E-state index contributed by atoms with van der Waals surface area (Å²) in [5.74, 6) is 0. The first kappa shape index (κ1) is 25.3. The lowest BCUT2D eigenvalue weighted by atomic mass is 9.77. The third-order valence-electron chi connectivity index (χ3n) is 8.45. The van der Waals surface area contributed by atoms with Crippen LogP contribution in [0.2, 0.25) is 0 Å². The Balaban J connectivity index is 2.21. The topological polar surface area (TPSA) is 0 Å². The quantitative estimate of drug-likeness (QED) is 0.266. The molecule has 0 spiro atoms. The van der Waals surface area contributed by atoms with Gasteiger partial charge in [-0.15, -0.1) is 0 Å². The van der Waals surface area contributed by atoms with E-state index in [1.807, 2.05) is 0 Å². The van der Waals surface area contributed by atoms with E-state index in [1.54, 1.807) is 66.1 Å². The Kier molecular flexibility index (Phi) is 8.39. The zero-order chi connectivity index (χ0) is 24.2. The van der Waals surface area contributed by atoms with Crippen molar-refractivity contribution >= 4 is 21.5 Å². The van der Waals surface area contributed by atoms with Crippen molar-refractivity contribution in [2.45, 2.75) is 131 Å². The monoisotopic (exact) mass is 456 g/mol. The molecule has 0 radical (unpaired) electrons. The van der Waals surface area contributed by atoms with Crippen LogP contribution in [0, 0.1) is 0 Å². The molecule has 0 heterocycles. The molecule has 0 aliphatic heterocycles. The minimum Gasteiger partial charge on any atom is -0.0651 e. The summed E-state index contributed by atoms with van der Waals surface area (Å²) >= 11 is 0. The normalized spacial score (nSPS) is 13.7. The summed E-state index contributed by atoms with van der Waals surface area (Å²) < 4.78 is 0. The first-order chi connectivity index (χ1) is 16.6. The fourth-order valence-electron chi connectivity index (χ4n) is 7.17. The minimum absolute atomic E-state index is 1.16. The van der Waals surface area contributed by atoms with Gasteiger partial charge in [-0.2, -0.15) is 0 Å². The predicted molar refractivity (Wildman–Crippen MR) is 153 cm³/mol. The highest BCUT2D eigenvalue weighted by molar-refractivity contribution is 6.05. The number of hydrogen-bond acceptors (Lipinski definition) is 0. The van der Waals surface area contributed by atoms with Crippen molar-refractivity contribution in [2.75, 3.05) is 0 Å². The van der Waals surface area contributed by atoms with Crippen molar-refractivity contribution in [3.63, 3.8) is 0 Å². The molecule has 0 bridgehead atoms. The van der Waals surface area contributed by atoms with E-state index in [2.05, 4.69) is 53.7 Å². The predicted octanol–water partition coefficient (Wildman–Crippen LogP) is 9.81. The molecule has 1 aliphatic carbocycles. The van der Waals surface area contributed by atoms with Crippen LogP contribution in [0.3, 0.4) is 0 Å². The van der Waals surface area contributed by atoms with Crippen LogP contribution in [-0.4, -0.2) is 0 Å². The Bertz CT molecular complexity index is 1070. The molecular weight excluding hydrogens is 408 g/mol. The van der Waals surface area contributed by atoms with Crippen LogP contribution in [0.4, 0.5) is 0 Å². The van der Waals surface area contributed by atoms with E-state index in [0.29, 0.717) is 0 Å². The van der Waals surface area contributed by atoms with Crippen molar-refractivity contribution in [3.8, 4) is 0 Å². The van der Waals surface area contributed by atoms with Gasteiger partial charge in [0.25, 0.3) is 0 Å². The summed E-state index contributed by atoms with van der Waals surface area (Å²) in [6.07, 6.45) is 17.5. The van der Waals surface area contributed by atoms with Crippen LogP contribution in [-0.2, 0) is 51.4 Å². The van der Waals surface area contributed by atoms with Gasteiger partial charge < -0.3 is 0 Å². The summed E-state index contributed by atoms with van der Waals surface area (Å²) in [6, 6.07) is 5.35. The van der Waals surface area contributed by atoms with E-state index in [0.717, 1.165) is 12.8 Å². The van der Waals surface area contributed by atoms with E-state index < -0.39 is 0 Å². The lowest BCUT2D eigenvalue weighted by Gasteiger charge is -2.27. The molecule has 0 unspecified atom stereocenters. The molecule has 0 fully saturated rings. The molecule has 0 nitrogen and oxygen atoms in total.